The van der Waals surface area contributed by atoms with Gasteiger partial charge in [0.25, 0.3) is 11.8 Å². The molecule has 2 unspecified atom stereocenters. The zero-order chi connectivity index (χ0) is 22.0. The highest BCUT2D eigenvalue weighted by Gasteiger charge is 2.40. The number of hydrogen-bond acceptors (Lipinski definition) is 3. The normalized spacial score (nSPS) is 17.0. The van der Waals surface area contributed by atoms with Crippen LogP contribution in [-0.2, 0) is 4.79 Å². The topological polar surface area (TPSA) is 69.6 Å². The summed E-state index contributed by atoms with van der Waals surface area (Å²) in [6, 6.07) is 20.4. The van der Waals surface area contributed by atoms with Crippen LogP contribution in [0.2, 0.25) is 5.02 Å². The first-order valence-corrected chi connectivity index (χ1v) is 11.3. The van der Waals surface area contributed by atoms with Gasteiger partial charge in [-0.05, 0) is 70.5 Å². The number of halogens is 2. The zero-order valence-electron chi connectivity index (χ0n) is 16.5. The summed E-state index contributed by atoms with van der Waals surface area (Å²) in [5, 5.41) is 13.3. The molecule has 0 radical (unpaired) electrons. The van der Waals surface area contributed by atoms with Crippen molar-refractivity contribution in [2.24, 2.45) is 0 Å². The van der Waals surface area contributed by atoms with Gasteiger partial charge in [-0.3, -0.25) is 9.59 Å². The van der Waals surface area contributed by atoms with Crippen LogP contribution in [0.3, 0.4) is 0 Å². The van der Waals surface area contributed by atoms with Crippen molar-refractivity contribution in [2.75, 3.05) is 11.9 Å². The number of rotatable bonds is 5. The number of nitrogens with one attached hydrogen (secondary N) is 1. The fourth-order valence-electron chi connectivity index (χ4n) is 3.93. The summed E-state index contributed by atoms with van der Waals surface area (Å²) in [5.41, 5.74) is 2.41. The van der Waals surface area contributed by atoms with E-state index in [-0.39, 0.29) is 18.4 Å². The second kappa shape index (κ2) is 9.38. The second-order valence-electron chi connectivity index (χ2n) is 7.28. The van der Waals surface area contributed by atoms with Gasteiger partial charge in [0.2, 0.25) is 0 Å². The summed E-state index contributed by atoms with van der Waals surface area (Å²) in [6.45, 7) is -0.128. The number of nitrogens with zero attached hydrogens (tertiary/aromatic N) is 1. The zero-order valence-corrected chi connectivity index (χ0v) is 19.4. The fourth-order valence-corrected chi connectivity index (χ4v) is 4.55. The quantitative estimate of drug-likeness (QED) is 0.432. The van der Waals surface area contributed by atoms with Gasteiger partial charge in [0.15, 0.2) is 0 Å². The molecule has 7 heteroatoms. The lowest BCUT2D eigenvalue weighted by molar-refractivity contribution is -0.121. The molecule has 0 bridgehead atoms. The summed E-state index contributed by atoms with van der Waals surface area (Å²) in [5.74, 6) is -0.580. The van der Waals surface area contributed by atoms with Crippen LogP contribution in [0.25, 0.3) is 0 Å². The smallest absolute Gasteiger partial charge is 0.257 e. The molecule has 2 amide bonds. The second-order valence-corrected chi connectivity index (χ2v) is 8.97. The maximum absolute atomic E-state index is 13.9. The molecule has 0 spiro atoms. The number of carbonyl (C=O) groups excluding carboxylic acids is 2. The lowest BCUT2D eigenvalue weighted by atomic mass is 9.96. The number of aliphatic hydroxyl groups is 1. The van der Waals surface area contributed by atoms with Gasteiger partial charge in [-0.1, -0.05) is 54.1 Å². The number of hydrogen-bond donors (Lipinski definition) is 2. The number of anilines is 1. The Kier molecular flexibility index (Phi) is 6.60. The van der Waals surface area contributed by atoms with E-state index in [1.807, 2.05) is 36.4 Å². The van der Waals surface area contributed by atoms with Crippen LogP contribution in [0, 0.1) is 3.57 Å². The first-order valence-electron chi connectivity index (χ1n) is 9.84. The van der Waals surface area contributed by atoms with Gasteiger partial charge in [0.05, 0.1) is 17.3 Å². The fraction of sp³-hybridized carbons (Fsp3) is 0.167. The largest absolute Gasteiger partial charge is 0.396 e. The Labute approximate surface area is 199 Å². The van der Waals surface area contributed by atoms with E-state index in [2.05, 4.69) is 27.9 Å². The van der Waals surface area contributed by atoms with Crippen molar-refractivity contribution in [2.45, 2.75) is 18.5 Å². The summed E-state index contributed by atoms with van der Waals surface area (Å²) >= 11 is 8.22. The lowest BCUT2D eigenvalue weighted by Crippen LogP contribution is -2.41. The number of fused-ring (bicyclic) bond motifs is 1. The molecule has 2 atom stereocenters. The maximum Gasteiger partial charge on any atom is 0.257 e. The van der Waals surface area contributed by atoms with Crippen LogP contribution in [0.5, 0.6) is 0 Å². The Morgan fingerprint density at radius 3 is 2.42 bits per heavy atom. The third kappa shape index (κ3) is 4.46. The molecule has 1 aliphatic rings. The Morgan fingerprint density at radius 2 is 1.74 bits per heavy atom. The predicted octanol–water partition coefficient (Wildman–Crippen LogP) is 5.20. The van der Waals surface area contributed by atoms with Crippen molar-refractivity contribution in [1.82, 2.24) is 4.90 Å². The van der Waals surface area contributed by atoms with E-state index in [0.717, 1.165) is 9.13 Å². The number of aliphatic hydroxyl groups excluding tert-OH is 1. The van der Waals surface area contributed by atoms with E-state index in [9.17, 15) is 14.7 Å². The summed E-state index contributed by atoms with van der Waals surface area (Å²) in [4.78, 5) is 28.9. The molecule has 4 rings (SSSR count). The molecule has 3 aromatic carbocycles. The molecule has 1 aliphatic heterocycles. The number of amides is 2. The molecule has 2 N–H and O–H groups in total. The molecule has 5 nitrogen and oxygen atoms in total. The standard InChI is InChI=1S/C24H20ClIN2O3/c25-17-8-6-16(7-9-17)22-23(30)27-20-11-10-18(26)14-19(20)24(31)28(22)21(12-13-29)15-4-2-1-3-5-15/h1-11,14,21-22,29H,12-13H2,(H,27,30). The van der Waals surface area contributed by atoms with Gasteiger partial charge in [0, 0.05) is 15.2 Å². The third-order valence-electron chi connectivity index (χ3n) is 5.34. The van der Waals surface area contributed by atoms with Gasteiger partial charge in [-0.15, -0.1) is 0 Å². The van der Waals surface area contributed by atoms with Crippen LogP contribution in [0.4, 0.5) is 5.69 Å². The van der Waals surface area contributed by atoms with Crippen molar-refractivity contribution in [1.29, 1.82) is 0 Å². The molecule has 0 saturated carbocycles. The number of carbonyl (C=O) groups is 2. The highest BCUT2D eigenvalue weighted by atomic mass is 127. The lowest BCUT2D eigenvalue weighted by Gasteiger charge is -2.36. The molecule has 0 aliphatic carbocycles. The number of benzene rings is 3. The monoisotopic (exact) mass is 546 g/mol. The summed E-state index contributed by atoms with van der Waals surface area (Å²) in [7, 11) is 0. The van der Waals surface area contributed by atoms with Gasteiger partial charge in [0.1, 0.15) is 6.04 Å². The van der Waals surface area contributed by atoms with Crippen LogP contribution in [0.15, 0.2) is 72.8 Å². The van der Waals surface area contributed by atoms with Gasteiger partial charge in [-0.25, -0.2) is 0 Å². The Balaban J connectivity index is 1.92. The predicted molar refractivity (Wildman–Crippen MR) is 129 cm³/mol. The molecular weight excluding hydrogens is 527 g/mol. The first kappa shape index (κ1) is 21.8. The minimum atomic E-state index is -0.883. The van der Waals surface area contributed by atoms with Crippen LogP contribution >= 0.6 is 34.2 Å². The van der Waals surface area contributed by atoms with Crippen molar-refractivity contribution in [3.63, 3.8) is 0 Å². The Bertz CT molecular complexity index is 1110. The van der Waals surface area contributed by atoms with Crippen LogP contribution in [-0.4, -0.2) is 28.4 Å². The molecule has 1 heterocycles. The van der Waals surface area contributed by atoms with Gasteiger partial charge in [-0.2, -0.15) is 0 Å². The molecular formula is C24H20ClIN2O3. The van der Waals surface area contributed by atoms with Crippen molar-refractivity contribution < 1.29 is 14.7 Å². The third-order valence-corrected chi connectivity index (χ3v) is 6.26. The van der Waals surface area contributed by atoms with E-state index in [0.29, 0.717) is 28.3 Å². The van der Waals surface area contributed by atoms with Crippen LogP contribution < -0.4 is 5.32 Å². The average molecular weight is 547 g/mol. The highest BCUT2D eigenvalue weighted by molar-refractivity contribution is 14.1. The minimum absolute atomic E-state index is 0.128. The molecule has 0 saturated heterocycles. The Morgan fingerprint density at radius 1 is 1.03 bits per heavy atom. The van der Waals surface area contributed by atoms with Crippen LogP contribution in [0.1, 0.15) is 40.0 Å². The van der Waals surface area contributed by atoms with E-state index in [1.165, 1.54) is 0 Å². The van der Waals surface area contributed by atoms with Crippen molar-refractivity contribution in [3.8, 4) is 0 Å². The van der Waals surface area contributed by atoms with E-state index >= 15 is 0 Å². The molecule has 3 aromatic rings. The molecule has 0 fully saturated rings. The highest BCUT2D eigenvalue weighted by Crippen LogP contribution is 2.39. The SMILES string of the molecule is O=C1Nc2ccc(I)cc2C(=O)N(C(CCO)c2ccccc2)C1c1ccc(Cl)cc1. The minimum Gasteiger partial charge on any atom is -0.396 e. The summed E-state index contributed by atoms with van der Waals surface area (Å²) in [6.07, 6.45) is 0.298. The first-order chi connectivity index (χ1) is 15.0. The molecule has 0 aromatic heterocycles. The molecule has 31 heavy (non-hydrogen) atoms. The maximum atomic E-state index is 13.9. The average Bonchev–Trinajstić information content (AvgIpc) is 2.88. The van der Waals surface area contributed by atoms with Crippen molar-refractivity contribution >= 4 is 51.7 Å². The summed E-state index contributed by atoms with van der Waals surface area (Å²) < 4.78 is 0.891. The van der Waals surface area contributed by atoms with E-state index < -0.39 is 12.1 Å². The van der Waals surface area contributed by atoms with Gasteiger partial charge < -0.3 is 15.3 Å². The van der Waals surface area contributed by atoms with E-state index in [1.54, 1.807) is 41.3 Å². The van der Waals surface area contributed by atoms with Gasteiger partial charge >= 0.3 is 0 Å². The van der Waals surface area contributed by atoms with E-state index in [4.69, 9.17) is 11.6 Å². The van der Waals surface area contributed by atoms with Crippen molar-refractivity contribution in [3.05, 3.63) is 98.1 Å². The molecule has 158 valence electrons. The Hall–Kier alpha value is -2.42.